The highest BCUT2D eigenvalue weighted by Crippen LogP contribution is 2.16. The minimum absolute atomic E-state index is 0.321. The Hall–Kier alpha value is -0.680. The zero-order valence-corrected chi connectivity index (χ0v) is 14.1. The first-order valence-electron chi connectivity index (χ1n) is 8.57. The van der Waals surface area contributed by atoms with Crippen molar-refractivity contribution in [2.45, 2.75) is 83.8 Å². The van der Waals surface area contributed by atoms with E-state index >= 15 is 0 Å². The van der Waals surface area contributed by atoms with Gasteiger partial charge in [0.25, 0.3) is 0 Å². The van der Waals surface area contributed by atoms with E-state index in [0.717, 1.165) is 36.6 Å². The molecule has 1 fully saturated rings. The third kappa shape index (κ3) is 5.55. The van der Waals surface area contributed by atoms with Gasteiger partial charge in [-0.15, -0.1) is 0 Å². The van der Waals surface area contributed by atoms with Crippen LogP contribution in [0.1, 0.15) is 70.5 Å². The van der Waals surface area contributed by atoms with E-state index in [1.54, 1.807) is 0 Å². The van der Waals surface area contributed by atoms with Crippen LogP contribution in [0.3, 0.4) is 0 Å². The van der Waals surface area contributed by atoms with Gasteiger partial charge in [-0.1, -0.05) is 45.4 Å². The summed E-state index contributed by atoms with van der Waals surface area (Å²) in [7, 11) is 0. The third-order valence-electron chi connectivity index (χ3n) is 4.25. The molecule has 0 aromatic carbocycles. The summed E-state index contributed by atoms with van der Waals surface area (Å²) in [5.74, 6) is 1.10. The Morgan fingerprint density at radius 3 is 2.71 bits per heavy atom. The molecule has 0 spiro atoms. The van der Waals surface area contributed by atoms with Crippen LogP contribution in [-0.4, -0.2) is 27.5 Å². The maximum atomic E-state index is 5.71. The Kier molecular flexibility index (Phi) is 7.44. The number of hydrogen-bond acceptors (Lipinski definition) is 3. The Morgan fingerprint density at radius 2 is 2.00 bits per heavy atom. The molecule has 5 heteroatoms. The molecular formula is C16H29N3OS. The predicted molar refractivity (Wildman–Crippen MR) is 88.1 cm³/mol. The number of nitrogens with one attached hydrogen (secondary N) is 1. The maximum Gasteiger partial charge on any atom is 0.195 e. The predicted octanol–water partition coefficient (Wildman–Crippen LogP) is 4.41. The van der Waals surface area contributed by atoms with Gasteiger partial charge in [0.15, 0.2) is 4.77 Å². The van der Waals surface area contributed by atoms with E-state index in [0.29, 0.717) is 6.10 Å². The van der Waals surface area contributed by atoms with E-state index < -0.39 is 0 Å². The number of ether oxygens (including phenoxy) is 1. The molecule has 21 heavy (non-hydrogen) atoms. The van der Waals surface area contributed by atoms with Crippen molar-refractivity contribution in [2.24, 2.45) is 0 Å². The van der Waals surface area contributed by atoms with Crippen LogP contribution in [0.4, 0.5) is 0 Å². The van der Waals surface area contributed by atoms with Gasteiger partial charge in [-0.05, 0) is 31.5 Å². The molecule has 1 saturated heterocycles. The maximum absolute atomic E-state index is 5.71. The van der Waals surface area contributed by atoms with Gasteiger partial charge in [0, 0.05) is 13.0 Å². The minimum atomic E-state index is 0.321. The number of aromatic amines is 1. The van der Waals surface area contributed by atoms with Crippen LogP contribution in [0, 0.1) is 4.77 Å². The monoisotopic (exact) mass is 311 g/mol. The van der Waals surface area contributed by atoms with Crippen LogP contribution < -0.4 is 0 Å². The summed E-state index contributed by atoms with van der Waals surface area (Å²) >= 11 is 5.35. The Morgan fingerprint density at radius 1 is 1.24 bits per heavy atom. The zero-order chi connectivity index (χ0) is 14.9. The molecule has 1 aliphatic heterocycles. The molecule has 1 atom stereocenters. The van der Waals surface area contributed by atoms with Gasteiger partial charge in [0.1, 0.15) is 5.82 Å². The largest absolute Gasteiger partial charge is 0.376 e. The molecule has 0 amide bonds. The number of rotatable bonds is 10. The van der Waals surface area contributed by atoms with Crippen LogP contribution in [0.5, 0.6) is 0 Å². The molecule has 4 nitrogen and oxygen atoms in total. The summed E-state index contributed by atoms with van der Waals surface area (Å²) in [5, 5.41) is 7.34. The average Bonchev–Trinajstić information content (AvgIpc) is 3.11. The molecule has 0 bridgehead atoms. The molecule has 1 aromatic heterocycles. The SMILES string of the molecule is CCCCCCCCCc1n[nH]c(=S)n1CC1CCCO1. The van der Waals surface area contributed by atoms with E-state index in [9.17, 15) is 0 Å². The highest BCUT2D eigenvalue weighted by molar-refractivity contribution is 7.71. The molecule has 2 heterocycles. The first-order valence-corrected chi connectivity index (χ1v) is 8.97. The lowest BCUT2D eigenvalue weighted by atomic mass is 10.1. The first-order chi connectivity index (χ1) is 10.3. The van der Waals surface area contributed by atoms with Crippen molar-refractivity contribution in [3.05, 3.63) is 10.6 Å². The van der Waals surface area contributed by atoms with Crippen LogP contribution >= 0.6 is 12.2 Å². The van der Waals surface area contributed by atoms with Gasteiger partial charge in [-0.25, -0.2) is 0 Å². The van der Waals surface area contributed by atoms with Crippen molar-refractivity contribution in [1.82, 2.24) is 14.8 Å². The first kappa shape index (κ1) is 16.7. The molecule has 0 saturated carbocycles. The van der Waals surface area contributed by atoms with Gasteiger partial charge < -0.3 is 9.30 Å². The summed E-state index contributed by atoms with van der Waals surface area (Å²) in [5.41, 5.74) is 0. The number of aromatic nitrogens is 3. The quantitative estimate of drug-likeness (QED) is 0.514. The van der Waals surface area contributed by atoms with Gasteiger partial charge >= 0.3 is 0 Å². The summed E-state index contributed by atoms with van der Waals surface area (Å²) in [6, 6.07) is 0. The molecule has 0 aliphatic carbocycles. The molecule has 0 radical (unpaired) electrons. The second kappa shape index (κ2) is 9.36. The summed E-state index contributed by atoms with van der Waals surface area (Å²) in [6.07, 6.45) is 12.9. The minimum Gasteiger partial charge on any atom is -0.376 e. The van der Waals surface area contributed by atoms with Gasteiger partial charge in [-0.3, -0.25) is 5.10 Å². The van der Waals surface area contributed by atoms with Crippen LogP contribution in [0.15, 0.2) is 0 Å². The van der Waals surface area contributed by atoms with Crippen molar-refractivity contribution in [2.75, 3.05) is 6.61 Å². The second-order valence-electron chi connectivity index (χ2n) is 6.06. The molecule has 1 aliphatic rings. The normalized spacial score (nSPS) is 18.4. The number of unbranched alkanes of at least 4 members (excludes halogenated alkanes) is 6. The highest BCUT2D eigenvalue weighted by atomic mass is 32.1. The zero-order valence-electron chi connectivity index (χ0n) is 13.3. The Bertz CT molecular complexity index is 449. The fraction of sp³-hybridized carbons (Fsp3) is 0.875. The Balaban J connectivity index is 1.71. The van der Waals surface area contributed by atoms with Gasteiger partial charge in [0.2, 0.25) is 0 Å². The number of aryl methyl sites for hydroxylation is 1. The number of nitrogens with zero attached hydrogens (tertiary/aromatic N) is 2. The lowest BCUT2D eigenvalue weighted by Gasteiger charge is -2.12. The van der Waals surface area contributed by atoms with E-state index in [-0.39, 0.29) is 0 Å². The van der Waals surface area contributed by atoms with Crippen LogP contribution in [-0.2, 0) is 17.7 Å². The van der Waals surface area contributed by atoms with Crippen molar-refractivity contribution in [3.63, 3.8) is 0 Å². The van der Waals surface area contributed by atoms with E-state index in [4.69, 9.17) is 17.0 Å². The van der Waals surface area contributed by atoms with Crippen molar-refractivity contribution >= 4 is 12.2 Å². The summed E-state index contributed by atoms with van der Waals surface area (Å²) in [4.78, 5) is 0. The van der Waals surface area contributed by atoms with Gasteiger partial charge in [-0.2, -0.15) is 5.10 Å². The fourth-order valence-electron chi connectivity index (χ4n) is 2.96. The van der Waals surface area contributed by atoms with E-state index in [1.807, 2.05) is 0 Å². The van der Waals surface area contributed by atoms with Crippen molar-refractivity contribution in [3.8, 4) is 0 Å². The number of H-pyrrole nitrogens is 1. The fourth-order valence-corrected chi connectivity index (χ4v) is 3.19. The van der Waals surface area contributed by atoms with Crippen molar-refractivity contribution in [1.29, 1.82) is 0 Å². The average molecular weight is 311 g/mol. The lowest BCUT2D eigenvalue weighted by Crippen LogP contribution is -2.17. The highest BCUT2D eigenvalue weighted by Gasteiger charge is 2.18. The third-order valence-corrected chi connectivity index (χ3v) is 4.56. The molecule has 120 valence electrons. The molecule has 1 N–H and O–H groups in total. The summed E-state index contributed by atoms with van der Waals surface area (Å²) < 4.78 is 8.59. The molecule has 2 rings (SSSR count). The standard InChI is InChI=1S/C16H29N3OS/c1-2-3-4-5-6-7-8-11-15-17-18-16(21)19(15)13-14-10-9-12-20-14/h14H,2-13H2,1H3,(H,18,21). The Labute approximate surface area is 133 Å². The van der Waals surface area contributed by atoms with Crippen LogP contribution in [0.2, 0.25) is 0 Å². The lowest BCUT2D eigenvalue weighted by molar-refractivity contribution is 0.0958. The van der Waals surface area contributed by atoms with Gasteiger partial charge in [0.05, 0.1) is 12.6 Å². The smallest absolute Gasteiger partial charge is 0.195 e. The van der Waals surface area contributed by atoms with Crippen molar-refractivity contribution < 1.29 is 4.74 Å². The second-order valence-corrected chi connectivity index (χ2v) is 6.45. The molecule has 1 aromatic rings. The van der Waals surface area contributed by atoms with Crippen LogP contribution in [0.25, 0.3) is 0 Å². The summed E-state index contributed by atoms with van der Waals surface area (Å²) in [6.45, 7) is 4.01. The topological polar surface area (TPSA) is 42.8 Å². The number of hydrogen-bond donors (Lipinski definition) is 1. The van der Waals surface area contributed by atoms with E-state index in [1.165, 1.54) is 51.4 Å². The molecule has 1 unspecified atom stereocenters. The molecular weight excluding hydrogens is 282 g/mol. The van der Waals surface area contributed by atoms with E-state index in [2.05, 4.69) is 21.7 Å².